The third-order valence-electron chi connectivity index (χ3n) is 3.76. The minimum absolute atomic E-state index is 0.293. The Bertz CT molecular complexity index is 1010. The highest BCUT2D eigenvalue weighted by Gasteiger charge is 2.24. The number of aromatic nitrogens is 2. The van der Waals surface area contributed by atoms with Crippen LogP contribution in [0.3, 0.4) is 0 Å². The minimum atomic E-state index is -4.51. The Labute approximate surface area is 145 Å². The molecule has 0 aliphatic heterocycles. The first-order valence-electron chi connectivity index (χ1n) is 7.18. The monoisotopic (exact) mass is 362 g/mol. The number of hydrogen-bond donors (Lipinski definition) is 1. The summed E-state index contributed by atoms with van der Waals surface area (Å²) >= 11 is 6.29. The molecule has 0 fully saturated rings. The normalized spacial score (nSPS) is 11.7. The quantitative estimate of drug-likeness (QED) is 0.711. The van der Waals surface area contributed by atoms with Gasteiger partial charge in [-0.3, -0.25) is 4.55 Å². The Morgan fingerprint density at radius 1 is 1.04 bits per heavy atom. The Hall–Kier alpha value is -2.15. The molecule has 0 unspecified atom stereocenters. The van der Waals surface area contributed by atoms with Gasteiger partial charge in [0.2, 0.25) is 0 Å². The van der Waals surface area contributed by atoms with Gasteiger partial charge in [-0.15, -0.1) is 4.09 Å². The molecule has 0 aliphatic rings. The molecule has 0 amide bonds. The molecule has 5 nitrogen and oxygen atoms in total. The van der Waals surface area contributed by atoms with E-state index >= 15 is 0 Å². The van der Waals surface area contributed by atoms with Crippen LogP contribution in [0.15, 0.2) is 48.5 Å². The molecule has 0 saturated heterocycles. The van der Waals surface area contributed by atoms with Gasteiger partial charge in [0, 0.05) is 21.7 Å². The molecule has 0 atom stereocenters. The third-order valence-corrected chi connectivity index (χ3v) is 4.89. The van der Waals surface area contributed by atoms with Crippen LogP contribution in [0.25, 0.3) is 22.4 Å². The van der Waals surface area contributed by atoms with Crippen LogP contribution >= 0.6 is 11.6 Å². The number of hydrogen-bond acceptors (Lipinski definition) is 3. The molecular weight excluding hydrogens is 348 g/mol. The van der Waals surface area contributed by atoms with Crippen LogP contribution in [0.2, 0.25) is 5.02 Å². The van der Waals surface area contributed by atoms with E-state index in [4.69, 9.17) is 11.6 Å². The van der Waals surface area contributed by atoms with E-state index in [0.29, 0.717) is 31.6 Å². The first-order valence-corrected chi connectivity index (χ1v) is 8.96. The van der Waals surface area contributed by atoms with Crippen molar-refractivity contribution in [3.8, 4) is 22.4 Å². The summed E-state index contributed by atoms with van der Waals surface area (Å²) in [4.78, 5) is 0. The highest BCUT2D eigenvalue weighted by molar-refractivity contribution is 7.84. The Balaban J connectivity index is 2.36. The van der Waals surface area contributed by atoms with Gasteiger partial charge < -0.3 is 0 Å². The highest BCUT2D eigenvalue weighted by atomic mass is 35.5. The van der Waals surface area contributed by atoms with Crippen LogP contribution in [-0.4, -0.2) is 22.2 Å². The molecule has 0 spiro atoms. The average molecular weight is 363 g/mol. The van der Waals surface area contributed by atoms with E-state index in [2.05, 4.69) is 5.10 Å². The first kappa shape index (κ1) is 16.7. The van der Waals surface area contributed by atoms with Crippen molar-refractivity contribution in [3.05, 3.63) is 64.8 Å². The zero-order valence-corrected chi connectivity index (χ0v) is 14.6. The Morgan fingerprint density at radius 2 is 1.67 bits per heavy atom. The summed E-state index contributed by atoms with van der Waals surface area (Å²) in [6, 6.07) is 14.6. The van der Waals surface area contributed by atoms with E-state index in [1.54, 1.807) is 25.1 Å². The number of aryl methyl sites for hydroxylation is 1. The summed E-state index contributed by atoms with van der Waals surface area (Å²) in [5.41, 5.74) is 3.77. The fourth-order valence-corrected chi connectivity index (χ4v) is 3.46. The molecule has 7 heteroatoms. The van der Waals surface area contributed by atoms with Crippen LogP contribution in [0, 0.1) is 13.8 Å². The first-order chi connectivity index (χ1) is 11.3. The molecule has 1 N–H and O–H groups in total. The lowest BCUT2D eigenvalue weighted by Gasteiger charge is -2.07. The lowest BCUT2D eigenvalue weighted by molar-refractivity contribution is 0.464. The van der Waals surface area contributed by atoms with Gasteiger partial charge >= 0.3 is 10.3 Å². The summed E-state index contributed by atoms with van der Waals surface area (Å²) in [7, 11) is -4.51. The van der Waals surface area contributed by atoms with Crippen molar-refractivity contribution in [3.63, 3.8) is 0 Å². The largest absolute Gasteiger partial charge is 0.379 e. The third kappa shape index (κ3) is 2.96. The number of benzene rings is 2. The fourth-order valence-electron chi connectivity index (χ4n) is 2.61. The predicted octanol–water partition coefficient (Wildman–Crippen LogP) is 4.14. The maximum absolute atomic E-state index is 11.6. The van der Waals surface area contributed by atoms with Gasteiger partial charge in [0.05, 0.1) is 5.69 Å². The molecule has 24 heavy (non-hydrogen) atoms. The molecule has 1 aromatic heterocycles. The second kappa shape index (κ2) is 6.05. The molecule has 0 aliphatic carbocycles. The zero-order chi connectivity index (χ0) is 17.5. The molecule has 124 valence electrons. The van der Waals surface area contributed by atoms with Crippen molar-refractivity contribution >= 4 is 21.9 Å². The molecular formula is C17H15ClN2O3S. The molecule has 2 aromatic carbocycles. The summed E-state index contributed by atoms with van der Waals surface area (Å²) < 4.78 is 33.4. The minimum Gasteiger partial charge on any atom is -0.268 e. The maximum atomic E-state index is 11.6. The van der Waals surface area contributed by atoms with Gasteiger partial charge in [0.25, 0.3) is 0 Å². The van der Waals surface area contributed by atoms with E-state index in [-0.39, 0.29) is 0 Å². The molecule has 3 rings (SSSR count). The van der Waals surface area contributed by atoms with E-state index in [0.717, 1.165) is 11.1 Å². The maximum Gasteiger partial charge on any atom is 0.379 e. The second-order valence-electron chi connectivity index (χ2n) is 5.48. The van der Waals surface area contributed by atoms with Gasteiger partial charge in [0.15, 0.2) is 0 Å². The van der Waals surface area contributed by atoms with Crippen LogP contribution in [0.4, 0.5) is 0 Å². The van der Waals surface area contributed by atoms with Crippen LogP contribution in [0.5, 0.6) is 0 Å². The average Bonchev–Trinajstić information content (AvgIpc) is 2.86. The Morgan fingerprint density at radius 3 is 2.25 bits per heavy atom. The van der Waals surface area contributed by atoms with E-state index in [1.807, 2.05) is 37.3 Å². The zero-order valence-electron chi connectivity index (χ0n) is 13.1. The molecule has 3 aromatic rings. The lowest BCUT2D eigenvalue weighted by Crippen LogP contribution is -2.14. The summed E-state index contributed by atoms with van der Waals surface area (Å²) in [6.45, 7) is 3.54. The smallest absolute Gasteiger partial charge is 0.268 e. The van der Waals surface area contributed by atoms with Crippen molar-refractivity contribution in [2.45, 2.75) is 13.8 Å². The van der Waals surface area contributed by atoms with Crippen molar-refractivity contribution in [2.75, 3.05) is 0 Å². The molecule has 0 saturated carbocycles. The van der Waals surface area contributed by atoms with Gasteiger partial charge in [-0.05, 0) is 19.9 Å². The number of halogens is 1. The summed E-state index contributed by atoms with van der Waals surface area (Å²) in [5.74, 6) is 0. The second-order valence-corrected chi connectivity index (χ2v) is 7.12. The predicted molar refractivity (Wildman–Crippen MR) is 94.5 cm³/mol. The molecule has 0 bridgehead atoms. The number of rotatable bonds is 3. The van der Waals surface area contributed by atoms with E-state index in [9.17, 15) is 13.0 Å². The summed E-state index contributed by atoms with van der Waals surface area (Å²) in [5, 5.41) is 4.59. The number of nitrogens with zero attached hydrogens (tertiary/aromatic N) is 2. The van der Waals surface area contributed by atoms with Crippen molar-refractivity contribution in [2.24, 2.45) is 0 Å². The van der Waals surface area contributed by atoms with E-state index < -0.39 is 10.3 Å². The van der Waals surface area contributed by atoms with Gasteiger partial charge in [0.1, 0.15) is 5.69 Å². The SMILES string of the molecule is Cc1ccc(-c2nn(S(=O)(=O)O)c(C)c2-c2ccccc2Cl)cc1. The van der Waals surface area contributed by atoms with Gasteiger partial charge in [-0.25, -0.2) is 0 Å². The molecule has 0 radical (unpaired) electrons. The van der Waals surface area contributed by atoms with Crippen LogP contribution in [0.1, 0.15) is 11.3 Å². The summed E-state index contributed by atoms with van der Waals surface area (Å²) in [6.07, 6.45) is 0. The fraction of sp³-hybridized carbons (Fsp3) is 0.118. The highest BCUT2D eigenvalue weighted by Crippen LogP contribution is 2.38. The van der Waals surface area contributed by atoms with Crippen LogP contribution < -0.4 is 0 Å². The van der Waals surface area contributed by atoms with Gasteiger partial charge in [-0.2, -0.15) is 13.5 Å². The van der Waals surface area contributed by atoms with Crippen molar-refractivity contribution < 1.29 is 13.0 Å². The van der Waals surface area contributed by atoms with E-state index in [1.165, 1.54) is 0 Å². The Kier molecular flexibility index (Phi) is 4.21. The standard InChI is InChI=1S/C17H15ClN2O3S/c1-11-7-9-13(10-8-11)17-16(14-5-3-4-6-15(14)18)12(2)20(19-17)24(21,22)23/h3-10H,1-2H3,(H,21,22,23). The van der Waals surface area contributed by atoms with Crippen molar-refractivity contribution in [1.82, 2.24) is 9.19 Å². The van der Waals surface area contributed by atoms with Crippen LogP contribution in [-0.2, 0) is 10.3 Å². The molecule has 1 heterocycles. The van der Waals surface area contributed by atoms with Crippen molar-refractivity contribution in [1.29, 1.82) is 0 Å². The topological polar surface area (TPSA) is 72.2 Å². The lowest BCUT2D eigenvalue weighted by atomic mass is 9.99. The van der Waals surface area contributed by atoms with Gasteiger partial charge in [-0.1, -0.05) is 59.6 Å².